The Bertz CT molecular complexity index is 587. The van der Waals surface area contributed by atoms with Gasteiger partial charge in [-0.3, -0.25) is 4.79 Å². The second-order valence-corrected chi connectivity index (χ2v) is 6.24. The number of carbonyl (C=O) groups is 2. The SMILES string of the molecule is C=C[C@H](COCc1ccccc1)OCC(=O)N1C(=O)OC[C@H]1C(C)C. The van der Waals surface area contributed by atoms with Crippen LogP contribution in [0.4, 0.5) is 4.79 Å². The van der Waals surface area contributed by atoms with E-state index in [2.05, 4.69) is 6.58 Å². The lowest BCUT2D eigenvalue weighted by atomic mass is 10.0. The van der Waals surface area contributed by atoms with E-state index in [4.69, 9.17) is 14.2 Å². The normalized spacial score (nSPS) is 18.3. The van der Waals surface area contributed by atoms with Crippen LogP contribution < -0.4 is 0 Å². The maximum atomic E-state index is 12.3. The zero-order valence-corrected chi connectivity index (χ0v) is 14.7. The first-order chi connectivity index (χ1) is 12.0. The van der Waals surface area contributed by atoms with E-state index in [0.717, 1.165) is 10.5 Å². The predicted octanol–water partition coefficient (Wildman–Crippen LogP) is 2.78. The Morgan fingerprint density at radius 2 is 2.12 bits per heavy atom. The van der Waals surface area contributed by atoms with Gasteiger partial charge in [0.15, 0.2) is 0 Å². The molecule has 1 fully saturated rings. The predicted molar refractivity (Wildman–Crippen MR) is 92.9 cm³/mol. The highest BCUT2D eigenvalue weighted by Gasteiger charge is 2.39. The summed E-state index contributed by atoms with van der Waals surface area (Å²) < 4.78 is 16.1. The van der Waals surface area contributed by atoms with E-state index in [0.29, 0.717) is 6.61 Å². The van der Waals surface area contributed by atoms with Gasteiger partial charge >= 0.3 is 6.09 Å². The molecule has 0 aromatic heterocycles. The quantitative estimate of drug-likeness (QED) is 0.643. The van der Waals surface area contributed by atoms with Crippen LogP contribution in [-0.2, 0) is 25.6 Å². The van der Waals surface area contributed by atoms with Gasteiger partial charge in [0.2, 0.25) is 0 Å². The van der Waals surface area contributed by atoms with E-state index >= 15 is 0 Å². The summed E-state index contributed by atoms with van der Waals surface area (Å²) >= 11 is 0. The summed E-state index contributed by atoms with van der Waals surface area (Å²) in [6.07, 6.45) is 0.548. The Morgan fingerprint density at radius 3 is 2.76 bits per heavy atom. The van der Waals surface area contributed by atoms with E-state index in [1.54, 1.807) is 6.08 Å². The van der Waals surface area contributed by atoms with Crippen molar-refractivity contribution >= 4 is 12.0 Å². The van der Waals surface area contributed by atoms with Crippen LogP contribution in [0.15, 0.2) is 43.0 Å². The lowest BCUT2D eigenvalue weighted by Gasteiger charge is -2.23. The Hall–Kier alpha value is -2.18. The number of hydrogen-bond acceptors (Lipinski definition) is 5. The van der Waals surface area contributed by atoms with Crippen molar-refractivity contribution in [3.63, 3.8) is 0 Å². The lowest BCUT2D eigenvalue weighted by Crippen LogP contribution is -2.44. The number of benzene rings is 1. The monoisotopic (exact) mass is 347 g/mol. The van der Waals surface area contributed by atoms with Crippen LogP contribution in [0, 0.1) is 5.92 Å². The van der Waals surface area contributed by atoms with Crippen LogP contribution in [0.5, 0.6) is 0 Å². The molecule has 0 saturated carbocycles. The molecule has 0 bridgehead atoms. The number of ether oxygens (including phenoxy) is 3. The molecule has 136 valence electrons. The maximum absolute atomic E-state index is 12.3. The highest BCUT2D eigenvalue weighted by Crippen LogP contribution is 2.19. The molecule has 2 atom stereocenters. The van der Waals surface area contributed by atoms with Gasteiger partial charge < -0.3 is 14.2 Å². The van der Waals surface area contributed by atoms with Crippen molar-refractivity contribution in [3.8, 4) is 0 Å². The number of cyclic esters (lactones) is 1. The van der Waals surface area contributed by atoms with Crippen molar-refractivity contribution < 1.29 is 23.8 Å². The minimum absolute atomic E-state index is 0.125. The van der Waals surface area contributed by atoms with Crippen molar-refractivity contribution in [1.29, 1.82) is 0 Å². The Kier molecular flexibility index (Phi) is 7.16. The average Bonchev–Trinajstić information content (AvgIpc) is 3.00. The molecule has 0 spiro atoms. The van der Waals surface area contributed by atoms with Crippen LogP contribution in [0.25, 0.3) is 0 Å². The molecule has 2 amide bonds. The molecule has 1 aliphatic rings. The van der Waals surface area contributed by atoms with Gasteiger partial charge in [-0.25, -0.2) is 9.69 Å². The van der Waals surface area contributed by atoms with E-state index in [1.165, 1.54) is 0 Å². The molecule has 25 heavy (non-hydrogen) atoms. The summed E-state index contributed by atoms with van der Waals surface area (Å²) in [5.74, 6) is -0.282. The van der Waals surface area contributed by atoms with Gasteiger partial charge in [-0.05, 0) is 11.5 Å². The van der Waals surface area contributed by atoms with Crippen LogP contribution in [0.1, 0.15) is 19.4 Å². The van der Waals surface area contributed by atoms with Gasteiger partial charge in [0.25, 0.3) is 5.91 Å². The van der Waals surface area contributed by atoms with Crippen molar-refractivity contribution in [2.45, 2.75) is 32.6 Å². The van der Waals surface area contributed by atoms with Gasteiger partial charge in [0.05, 0.1) is 25.4 Å². The van der Waals surface area contributed by atoms with Crippen molar-refractivity contribution in [3.05, 3.63) is 48.6 Å². The summed E-state index contributed by atoms with van der Waals surface area (Å²) in [6, 6.07) is 9.52. The molecule has 1 heterocycles. The minimum Gasteiger partial charge on any atom is -0.447 e. The third kappa shape index (κ3) is 5.41. The molecule has 0 radical (unpaired) electrons. The van der Waals surface area contributed by atoms with Crippen molar-refractivity contribution in [1.82, 2.24) is 4.90 Å². The lowest BCUT2D eigenvalue weighted by molar-refractivity contribution is -0.136. The molecule has 2 rings (SSSR count). The summed E-state index contributed by atoms with van der Waals surface area (Å²) in [5.41, 5.74) is 1.06. The summed E-state index contributed by atoms with van der Waals surface area (Å²) in [5, 5.41) is 0. The van der Waals surface area contributed by atoms with Crippen LogP contribution in [-0.4, -0.2) is 48.9 Å². The number of rotatable bonds is 9. The molecule has 0 unspecified atom stereocenters. The Morgan fingerprint density at radius 1 is 1.40 bits per heavy atom. The van der Waals surface area contributed by atoms with Gasteiger partial charge in [-0.1, -0.05) is 50.3 Å². The standard InChI is InChI=1S/C19H25NO5/c1-4-16(11-23-10-15-8-6-5-7-9-15)24-13-18(21)20-17(14(2)3)12-25-19(20)22/h4-9,14,16-17H,1,10-13H2,2-3H3/t16-,17+/m1/s1. The number of imide groups is 1. The van der Waals surface area contributed by atoms with Crippen LogP contribution in [0.2, 0.25) is 0 Å². The number of hydrogen-bond donors (Lipinski definition) is 0. The van der Waals surface area contributed by atoms with Crippen molar-refractivity contribution in [2.24, 2.45) is 5.92 Å². The van der Waals surface area contributed by atoms with Crippen molar-refractivity contribution in [2.75, 3.05) is 19.8 Å². The molecule has 0 N–H and O–H groups in total. The zero-order chi connectivity index (χ0) is 18.2. The maximum Gasteiger partial charge on any atom is 0.417 e. The number of carbonyl (C=O) groups excluding carboxylic acids is 2. The number of amides is 2. The van der Waals surface area contributed by atoms with E-state index < -0.39 is 18.1 Å². The highest BCUT2D eigenvalue weighted by molar-refractivity contribution is 5.94. The summed E-state index contributed by atoms with van der Waals surface area (Å²) in [4.78, 5) is 25.2. The van der Waals surface area contributed by atoms with E-state index in [9.17, 15) is 9.59 Å². The second kappa shape index (κ2) is 9.34. The third-order valence-corrected chi connectivity index (χ3v) is 4.02. The van der Waals surface area contributed by atoms with Crippen LogP contribution in [0.3, 0.4) is 0 Å². The second-order valence-electron chi connectivity index (χ2n) is 6.24. The first-order valence-corrected chi connectivity index (χ1v) is 8.37. The Labute approximate surface area is 148 Å². The molecular formula is C19H25NO5. The molecule has 1 aromatic carbocycles. The largest absolute Gasteiger partial charge is 0.447 e. The third-order valence-electron chi connectivity index (χ3n) is 4.02. The Balaban J connectivity index is 1.78. The highest BCUT2D eigenvalue weighted by atomic mass is 16.6. The first kappa shape index (κ1) is 19.1. The smallest absolute Gasteiger partial charge is 0.417 e. The fourth-order valence-electron chi connectivity index (χ4n) is 2.51. The van der Waals surface area contributed by atoms with Gasteiger partial charge in [-0.2, -0.15) is 0 Å². The number of nitrogens with zero attached hydrogens (tertiary/aromatic N) is 1. The zero-order valence-electron chi connectivity index (χ0n) is 14.7. The van der Waals surface area contributed by atoms with E-state index in [-0.39, 0.29) is 31.8 Å². The molecular weight excluding hydrogens is 322 g/mol. The van der Waals surface area contributed by atoms with Gasteiger partial charge in [-0.15, -0.1) is 6.58 Å². The van der Waals surface area contributed by atoms with Gasteiger partial charge in [0, 0.05) is 0 Å². The minimum atomic E-state index is -0.609. The summed E-state index contributed by atoms with van der Waals surface area (Å²) in [6.45, 7) is 8.33. The summed E-state index contributed by atoms with van der Waals surface area (Å²) in [7, 11) is 0. The molecule has 6 nitrogen and oxygen atoms in total. The van der Waals surface area contributed by atoms with E-state index in [1.807, 2.05) is 44.2 Å². The van der Waals surface area contributed by atoms with Crippen LogP contribution >= 0.6 is 0 Å². The first-order valence-electron chi connectivity index (χ1n) is 8.37. The fourth-order valence-corrected chi connectivity index (χ4v) is 2.51. The molecule has 1 saturated heterocycles. The van der Waals surface area contributed by atoms with Gasteiger partial charge in [0.1, 0.15) is 13.2 Å². The molecule has 1 aromatic rings. The fraction of sp³-hybridized carbons (Fsp3) is 0.474. The molecule has 1 aliphatic heterocycles. The molecule has 0 aliphatic carbocycles. The average molecular weight is 347 g/mol. The molecule has 6 heteroatoms. The topological polar surface area (TPSA) is 65.1 Å².